The van der Waals surface area contributed by atoms with E-state index in [1.165, 1.54) is 0 Å². The number of hydrogen-bond acceptors (Lipinski definition) is 2. The molecule has 2 rings (SSSR count). The number of aromatic nitrogens is 2. The van der Waals surface area contributed by atoms with Gasteiger partial charge in [0.1, 0.15) is 5.82 Å². The minimum Gasteiger partial charge on any atom is -0.380 e. The van der Waals surface area contributed by atoms with Crippen LogP contribution in [0.15, 0.2) is 18.2 Å². The Morgan fingerprint density at radius 1 is 1.24 bits per heavy atom. The molecule has 1 aromatic heterocycles. The lowest BCUT2D eigenvalue weighted by Crippen LogP contribution is -2.11. The Bertz CT molecular complexity index is 593. The van der Waals surface area contributed by atoms with E-state index in [1.807, 2.05) is 25.1 Å². The molecule has 0 fully saturated rings. The Balaban J connectivity index is 2.11. The predicted octanol–water partition coefficient (Wildman–Crippen LogP) is 5.05. The smallest absolute Gasteiger partial charge is 0.127 e. The van der Waals surface area contributed by atoms with Crippen LogP contribution in [-0.2, 0) is 11.3 Å². The van der Waals surface area contributed by atoms with Gasteiger partial charge in [0.25, 0.3) is 0 Å². The van der Waals surface area contributed by atoms with Crippen LogP contribution in [0.3, 0.4) is 0 Å². The highest BCUT2D eigenvalue weighted by Gasteiger charge is 2.14. The molecule has 2 aromatic rings. The van der Waals surface area contributed by atoms with Crippen molar-refractivity contribution in [2.45, 2.75) is 39.1 Å². The zero-order valence-corrected chi connectivity index (χ0v) is 14.3. The van der Waals surface area contributed by atoms with Crippen LogP contribution in [0.1, 0.15) is 38.4 Å². The van der Waals surface area contributed by atoms with Crippen LogP contribution in [0.4, 0.5) is 0 Å². The van der Waals surface area contributed by atoms with Crippen LogP contribution in [-0.4, -0.2) is 22.8 Å². The minimum atomic E-state index is -0.146. The average molecular weight is 329 g/mol. The fraction of sp³-hybridized carbons (Fsp3) is 0.562. The summed E-state index contributed by atoms with van der Waals surface area (Å²) in [5, 5.41) is 0.543. The first-order valence-corrected chi connectivity index (χ1v) is 8.18. The van der Waals surface area contributed by atoms with E-state index in [2.05, 4.69) is 23.4 Å². The summed E-state index contributed by atoms with van der Waals surface area (Å²) in [4.78, 5) is 4.59. The zero-order valence-electron chi connectivity index (χ0n) is 12.8. The van der Waals surface area contributed by atoms with Gasteiger partial charge in [-0.3, -0.25) is 0 Å². The lowest BCUT2D eigenvalue weighted by atomic mass is 10.1. The van der Waals surface area contributed by atoms with Crippen LogP contribution >= 0.6 is 23.2 Å². The number of ether oxygens (including phenoxy) is 1. The Morgan fingerprint density at radius 3 is 2.67 bits per heavy atom. The molecule has 0 aliphatic rings. The van der Waals surface area contributed by atoms with Gasteiger partial charge >= 0.3 is 0 Å². The third-order valence-corrected chi connectivity index (χ3v) is 3.82. The summed E-state index contributed by atoms with van der Waals surface area (Å²) in [6, 6.07) is 5.74. The number of hydrogen-bond donors (Lipinski definition) is 0. The van der Waals surface area contributed by atoms with E-state index in [0.29, 0.717) is 17.5 Å². The monoisotopic (exact) mass is 328 g/mol. The van der Waals surface area contributed by atoms with Gasteiger partial charge in [0.05, 0.1) is 23.0 Å². The Labute approximate surface area is 136 Å². The van der Waals surface area contributed by atoms with Crippen molar-refractivity contribution in [2.75, 3.05) is 13.2 Å². The largest absolute Gasteiger partial charge is 0.380 e. The maximum Gasteiger partial charge on any atom is 0.127 e. The van der Waals surface area contributed by atoms with Crippen molar-refractivity contribution in [3.8, 4) is 0 Å². The average Bonchev–Trinajstić information content (AvgIpc) is 2.76. The second kappa shape index (κ2) is 7.48. The lowest BCUT2D eigenvalue weighted by Gasteiger charge is -2.11. The summed E-state index contributed by atoms with van der Waals surface area (Å²) in [5.41, 5.74) is 1.93. The van der Waals surface area contributed by atoms with Crippen molar-refractivity contribution in [1.29, 1.82) is 0 Å². The molecule has 0 radical (unpaired) electrons. The SMILES string of the molecule is CC(C)CCOCCn1c(C(C)Cl)nc2cc(Cl)ccc21. The van der Waals surface area contributed by atoms with Gasteiger partial charge in [-0.2, -0.15) is 0 Å². The molecule has 0 aliphatic heterocycles. The molecule has 0 spiro atoms. The highest BCUT2D eigenvalue weighted by Crippen LogP contribution is 2.26. The van der Waals surface area contributed by atoms with Gasteiger partial charge < -0.3 is 9.30 Å². The molecule has 1 atom stereocenters. The predicted molar refractivity (Wildman–Crippen MR) is 89.3 cm³/mol. The number of imidazole rings is 1. The van der Waals surface area contributed by atoms with Gasteiger partial charge in [-0.25, -0.2) is 4.98 Å². The number of halogens is 2. The molecule has 0 saturated heterocycles. The number of benzene rings is 1. The molecule has 0 amide bonds. The maximum atomic E-state index is 6.24. The molecule has 1 heterocycles. The Hall–Kier alpha value is -0.770. The fourth-order valence-electron chi connectivity index (χ4n) is 2.24. The molecule has 5 heteroatoms. The topological polar surface area (TPSA) is 27.1 Å². The third kappa shape index (κ3) is 4.35. The minimum absolute atomic E-state index is 0.146. The van der Waals surface area contributed by atoms with Gasteiger partial charge in [-0.05, 0) is 37.5 Å². The van der Waals surface area contributed by atoms with Crippen LogP contribution in [0.25, 0.3) is 11.0 Å². The second-order valence-electron chi connectivity index (χ2n) is 5.67. The summed E-state index contributed by atoms with van der Waals surface area (Å²) in [5.74, 6) is 1.53. The second-order valence-corrected chi connectivity index (χ2v) is 6.76. The highest BCUT2D eigenvalue weighted by molar-refractivity contribution is 6.31. The van der Waals surface area contributed by atoms with E-state index < -0.39 is 0 Å². The van der Waals surface area contributed by atoms with Gasteiger partial charge in [-0.15, -0.1) is 11.6 Å². The fourth-order valence-corrected chi connectivity index (χ4v) is 2.57. The first-order chi connectivity index (χ1) is 9.99. The van der Waals surface area contributed by atoms with E-state index in [-0.39, 0.29) is 5.38 Å². The van der Waals surface area contributed by atoms with Crippen molar-refractivity contribution in [3.05, 3.63) is 29.0 Å². The first kappa shape index (κ1) is 16.6. The summed E-state index contributed by atoms with van der Waals surface area (Å²) in [6.45, 7) is 8.54. The Kier molecular flexibility index (Phi) is 5.91. The normalized spacial score (nSPS) is 13.2. The molecule has 116 valence electrons. The summed E-state index contributed by atoms with van der Waals surface area (Å²) in [7, 11) is 0. The number of fused-ring (bicyclic) bond motifs is 1. The van der Waals surface area contributed by atoms with Gasteiger partial charge in [0.2, 0.25) is 0 Å². The highest BCUT2D eigenvalue weighted by atomic mass is 35.5. The van der Waals surface area contributed by atoms with E-state index in [9.17, 15) is 0 Å². The molecule has 1 aromatic carbocycles. The molecular weight excluding hydrogens is 307 g/mol. The number of alkyl halides is 1. The van der Waals surface area contributed by atoms with E-state index in [0.717, 1.165) is 36.4 Å². The van der Waals surface area contributed by atoms with Crippen LogP contribution < -0.4 is 0 Å². The molecular formula is C16H22Cl2N2O. The molecule has 21 heavy (non-hydrogen) atoms. The van der Waals surface area contributed by atoms with Crippen molar-refractivity contribution in [2.24, 2.45) is 5.92 Å². The quantitative estimate of drug-likeness (QED) is 0.525. The van der Waals surface area contributed by atoms with E-state index in [1.54, 1.807) is 0 Å². The van der Waals surface area contributed by atoms with Crippen molar-refractivity contribution >= 4 is 34.2 Å². The third-order valence-electron chi connectivity index (χ3n) is 3.39. The van der Waals surface area contributed by atoms with Crippen molar-refractivity contribution in [1.82, 2.24) is 9.55 Å². The lowest BCUT2D eigenvalue weighted by molar-refractivity contribution is 0.116. The van der Waals surface area contributed by atoms with Crippen LogP contribution in [0.5, 0.6) is 0 Å². The van der Waals surface area contributed by atoms with Gasteiger partial charge in [0, 0.05) is 18.2 Å². The first-order valence-electron chi connectivity index (χ1n) is 7.36. The van der Waals surface area contributed by atoms with Crippen LogP contribution in [0.2, 0.25) is 5.02 Å². The number of rotatable bonds is 7. The van der Waals surface area contributed by atoms with Crippen LogP contribution in [0, 0.1) is 5.92 Å². The molecule has 0 N–H and O–H groups in total. The summed E-state index contributed by atoms with van der Waals surface area (Å²) in [6.07, 6.45) is 1.08. The Morgan fingerprint density at radius 2 is 2.00 bits per heavy atom. The summed E-state index contributed by atoms with van der Waals surface area (Å²) >= 11 is 12.3. The zero-order chi connectivity index (χ0) is 15.4. The van der Waals surface area contributed by atoms with Gasteiger partial charge in [0.15, 0.2) is 0 Å². The van der Waals surface area contributed by atoms with Crippen molar-refractivity contribution < 1.29 is 4.74 Å². The molecule has 0 bridgehead atoms. The standard InChI is InChI=1S/C16H22Cl2N2O/c1-11(2)6-8-21-9-7-20-15-5-4-13(18)10-14(15)19-16(20)12(3)17/h4-5,10-12H,6-9H2,1-3H3. The van der Waals surface area contributed by atoms with E-state index in [4.69, 9.17) is 27.9 Å². The summed E-state index contributed by atoms with van der Waals surface area (Å²) < 4.78 is 7.83. The molecule has 1 unspecified atom stereocenters. The van der Waals surface area contributed by atoms with E-state index >= 15 is 0 Å². The molecule has 0 aliphatic carbocycles. The molecule has 0 saturated carbocycles. The van der Waals surface area contributed by atoms with Crippen molar-refractivity contribution in [3.63, 3.8) is 0 Å². The maximum absolute atomic E-state index is 6.24. The number of nitrogens with zero attached hydrogens (tertiary/aromatic N) is 2. The van der Waals surface area contributed by atoms with Gasteiger partial charge in [-0.1, -0.05) is 25.4 Å². The molecule has 3 nitrogen and oxygen atoms in total.